The lowest BCUT2D eigenvalue weighted by Crippen LogP contribution is -2.67. The first-order chi connectivity index (χ1) is 19.7. The second-order valence-electron chi connectivity index (χ2n) is 17.1. The molecule has 4 heteroatoms. The standard InChI is InChI=1S/C38H56O4/c1-33(2)20-21-38(32(40)41-8)27(22-33)26-14-15-29-35(5)18-17-30(39)34(3,4)28(35)16-19-36(29,6)37(26,7)23-31(38)42-24-25-12-10-9-11-13-25/h9-14,27-31,39H,15-24H2,1-8H3/t27-,28-,29+,30-,31+,35-,36+,37+,38+/m0/s1. The van der Waals surface area contributed by atoms with Crippen LogP contribution in [0.1, 0.15) is 112 Å². The van der Waals surface area contributed by atoms with E-state index in [1.807, 2.05) is 6.07 Å². The highest BCUT2D eigenvalue weighted by Gasteiger charge is 2.71. The average molecular weight is 577 g/mol. The number of aliphatic hydroxyl groups excluding tert-OH is 1. The fourth-order valence-corrected chi connectivity index (χ4v) is 11.8. The topological polar surface area (TPSA) is 55.8 Å². The summed E-state index contributed by atoms with van der Waals surface area (Å²) in [6, 6.07) is 10.4. The van der Waals surface area contributed by atoms with Gasteiger partial charge in [0.05, 0.1) is 25.9 Å². The Kier molecular flexibility index (Phi) is 7.18. The lowest BCUT2D eigenvalue weighted by atomic mass is 9.33. The summed E-state index contributed by atoms with van der Waals surface area (Å²) in [4.78, 5) is 14.1. The fraction of sp³-hybridized carbons (Fsp3) is 0.763. The lowest BCUT2D eigenvalue weighted by molar-refractivity contribution is -0.226. The molecule has 0 radical (unpaired) electrons. The molecule has 4 nitrogen and oxygen atoms in total. The van der Waals surface area contributed by atoms with Gasteiger partial charge in [-0.05, 0) is 108 Å². The Morgan fingerprint density at radius 1 is 0.905 bits per heavy atom. The highest BCUT2D eigenvalue weighted by molar-refractivity contribution is 5.79. The number of carbonyl (C=O) groups excluding carboxylic acids is 1. The Morgan fingerprint density at radius 2 is 1.62 bits per heavy atom. The molecule has 0 spiro atoms. The quantitative estimate of drug-likeness (QED) is 0.288. The van der Waals surface area contributed by atoms with Gasteiger partial charge in [-0.2, -0.15) is 0 Å². The van der Waals surface area contributed by atoms with Gasteiger partial charge in [0.25, 0.3) is 0 Å². The molecule has 1 N–H and O–H groups in total. The van der Waals surface area contributed by atoms with Gasteiger partial charge in [-0.25, -0.2) is 0 Å². The minimum Gasteiger partial charge on any atom is -0.468 e. The molecular weight excluding hydrogens is 520 g/mol. The molecule has 4 fully saturated rings. The number of fused-ring (bicyclic) bond motifs is 7. The van der Waals surface area contributed by atoms with Crippen LogP contribution < -0.4 is 0 Å². The van der Waals surface area contributed by atoms with Crippen molar-refractivity contribution in [2.45, 2.75) is 125 Å². The van der Waals surface area contributed by atoms with Crippen LogP contribution in [0, 0.1) is 50.2 Å². The molecule has 6 rings (SSSR count). The van der Waals surface area contributed by atoms with Crippen LogP contribution in [0.5, 0.6) is 0 Å². The SMILES string of the molecule is COC(=O)[C@]12CCC(C)(C)C[C@H]1C1=CC[C@@H]3[C@@]4(C)CC[C@H](O)C(C)(C)[C@@H]4CC[C@@]3(C)[C@]1(C)C[C@H]2OCc1ccccc1. The third-order valence-electron chi connectivity index (χ3n) is 14.5. The van der Waals surface area contributed by atoms with Gasteiger partial charge in [-0.3, -0.25) is 4.79 Å². The summed E-state index contributed by atoms with van der Waals surface area (Å²) in [5.74, 6) is 1.11. The van der Waals surface area contributed by atoms with Crippen LogP contribution in [0.3, 0.4) is 0 Å². The number of rotatable bonds is 4. The summed E-state index contributed by atoms with van der Waals surface area (Å²) < 4.78 is 12.7. The largest absolute Gasteiger partial charge is 0.468 e. The Bertz CT molecular complexity index is 1230. The number of esters is 1. The molecule has 4 saturated carbocycles. The molecule has 0 saturated heterocycles. The van der Waals surface area contributed by atoms with Gasteiger partial charge in [-0.15, -0.1) is 0 Å². The molecule has 0 unspecified atom stereocenters. The molecule has 9 atom stereocenters. The summed E-state index contributed by atoms with van der Waals surface area (Å²) in [6.07, 6.45) is 11.2. The molecule has 0 amide bonds. The summed E-state index contributed by atoms with van der Waals surface area (Å²) >= 11 is 0. The molecule has 5 aliphatic carbocycles. The van der Waals surface area contributed by atoms with E-state index in [4.69, 9.17) is 9.47 Å². The number of hydrogen-bond donors (Lipinski definition) is 1. The molecule has 1 aromatic carbocycles. The zero-order chi connectivity index (χ0) is 30.3. The molecule has 0 aromatic heterocycles. The maximum atomic E-state index is 14.1. The van der Waals surface area contributed by atoms with Gasteiger partial charge in [0.15, 0.2) is 0 Å². The summed E-state index contributed by atoms with van der Waals surface area (Å²) in [5.41, 5.74) is 2.34. The van der Waals surface area contributed by atoms with E-state index in [-0.39, 0.29) is 51.2 Å². The van der Waals surface area contributed by atoms with Crippen LogP contribution in [0.2, 0.25) is 0 Å². The van der Waals surface area contributed by atoms with E-state index in [2.05, 4.69) is 78.8 Å². The van der Waals surface area contributed by atoms with Crippen LogP contribution in [0.15, 0.2) is 42.0 Å². The van der Waals surface area contributed by atoms with Crippen LogP contribution in [0.4, 0.5) is 0 Å². The van der Waals surface area contributed by atoms with E-state index in [1.54, 1.807) is 7.11 Å². The maximum absolute atomic E-state index is 14.1. The van der Waals surface area contributed by atoms with E-state index in [0.717, 1.165) is 63.4 Å². The Balaban J connectivity index is 1.47. The minimum atomic E-state index is -0.647. The van der Waals surface area contributed by atoms with Crippen molar-refractivity contribution in [2.75, 3.05) is 7.11 Å². The first-order valence-electron chi connectivity index (χ1n) is 16.8. The first kappa shape index (κ1) is 30.4. The predicted molar refractivity (Wildman–Crippen MR) is 167 cm³/mol. The first-order valence-corrected chi connectivity index (χ1v) is 16.8. The van der Waals surface area contributed by atoms with Crippen LogP contribution >= 0.6 is 0 Å². The number of methoxy groups -OCH3 is 1. The number of hydrogen-bond acceptors (Lipinski definition) is 4. The average Bonchev–Trinajstić information content (AvgIpc) is 2.94. The molecule has 0 heterocycles. The van der Waals surface area contributed by atoms with E-state index < -0.39 is 5.41 Å². The molecule has 0 bridgehead atoms. The number of ether oxygens (including phenoxy) is 2. The van der Waals surface area contributed by atoms with Gasteiger partial charge in [-0.1, -0.05) is 90.4 Å². The molecule has 5 aliphatic rings. The van der Waals surface area contributed by atoms with Crippen molar-refractivity contribution in [1.82, 2.24) is 0 Å². The molecule has 42 heavy (non-hydrogen) atoms. The van der Waals surface area contributed by atoms with Crippen molar-refractivity contribution in [3.8, 4) is 0 Å². The predicted octanol–water partition coefficient (Wildman–Crippen LogP) is 8.52. The second kappa shape index (κ2) is 9.93. The Hall–Kier alpha value is -1.65. The molecule has 0 aliphatic heterocycles. The van der Waals surface area contributed by atoms with Crippen molar-refractivity contribution >= 4 is 5.97 Å². The minimum absolute atomic E-state index is 0.0684. The van der Waals surface area contributed by atoms with Crippen molar-refractivity contribution in [1.29, 1.82) is 0 Å². The van der Waals surface area contributed by atoms with E-state index in [9.17, 15) is 9.90 Å². The zero-order valence-corrected chi connectivity index (χ0v) is 27.6. The van der Waals surface area contributed by atoms with Crippen molar-refractivity contribution in [3.05, 3.63) is 47.5 Å². The molecular formula is C38H56O4. The second-order valence-corrected chi connectivity index (χ2v) is 17.1. The Labute approximate surface area is 255 Å². The highest BCUT2D eigenvalue weighted by Crippen LogP contribution is 2.76. The number of carbonyl (C=O) groups is 1. The Morgan fingerprint density at radius 3 is 2.31 bits per heavy atom. The summed E-state index contributed by atoms with van der Waals surface area (Å²) in [7, 11) is 1.57. The van der Waals surface area contributed by atoms with Gasteiger partial charge < -0.3 is 14.6 Å². The van der Waals surface area contributed by atoms with Crippen LogP contribution in [-0.4, -0.2) is 30.4 Å². The number of benzene rings is 1. The number of aliphatic hydroxyl groups is 1. The monoisotopic (exact) mass is 576 g/mol. The normalized spacial score (nSPS) is 45.4. The van der Waals surface area contributed by atoms with Crippen LogP contribution in [-0.2, 0) is 20.9 Å². The van der Waals surface area contributed by atoms with Crippen molar-refractivity contribution in [3.63, 3.8) is 0 Å². The maximum Gasteiger partial charge on any atom is 0.315 e. The third-order valence-corrected chi connectivity index (χ3v) is 14.5. The van der Waals surface area contributed by atoms with Crippen LogP contribution in [0.25, 0.3) is 0 Å². The molecule has 232 valence electrons. The zero-order valence-electron chi connectivity index (χ0n) is 27.6. The van der Waals surface area contributed by atoms with E-state index in [1.165, 1.54) is 5.57 Å². The van der Waals surface area contributed by atoms with E-state index >= 15 is 0 Å². The number of allylic oxidation sites excluding steroid dienone is 2. The third kappa shape index (κ3) is 4.09. The summed E-state index contributed by atoms with van der Waals surface area (Å²) in [5, 5.41) is 11.1. The fourth-order valence-electron chi connectivity index (χ4n) is 11.8. The van der Waals surface area contributed by atoms with E-state index in [0.29, 0.717) is 18.4 Å². The smallest absolute Gasteiger partial charge is 0.315 e. The van der Waals surface area contributed by atoms with Gasteiger partial charge in [0.1, 0.15) is 5.41 Å². The van der Waals surface area contributed by atoms with Gasteiger partial charge in [0, 0.05) is 0 Å². The lowest BCUT2D eigenvalue weighted by Gasteiger charge is -2.71. The van der Waals surface area contributed by atoms with Gasteiger partial charge in [0.2, 0.25) is 0 Å². The van der Waals surface area contributed by atoms with Gasteiger partial charge >= 0.3 is 5.97 Å². The summed E-state index contributed by atoms with van der Waals surface area (Å²) in [6.45, 7) is 17.6. The molecule has 1 aromatic rings. The van der Waals surface area contributed by atoms with Crippen molar-refractivity contribution in [2.24, 2.45) is 50.2 Å². The highest BCUT2D eigenvalue weighted by atomic mass is 16.5. The van der Waals surface area contributed by atoms with Crippen molar-refractivity contribution < 1.29 is 19.4 Å².